The fourth-order valence-corrected chi connectivity index (χ4v) is 7.51. The van der Waals surface area contributed by atoms with E-state index in [-0.39, 0.29) is 17.9 Å². The first kappa shape index (κ1) is 25.9. The highest BCUT2D eigenvalue weighted by atomic mass is 16.2. The van der Waals surface area contributed by atoms with Gasteiger partial charge in [0.05, 0.1) is 6.42 Å². The van der Waals surface area contributed by atoms with Gasteiger partial charge in [-0.15, -0.1) is 0 Å². The Bertz CT molecular complexity index is 1370. The van der Waals surface area contributed by atoms with Gasteiger partial charge in [-0.25, -0.2) is 0 Å². The number of rotatable bonds is 6. The molecule has 3 atom stereocenters. The fourth-order valence-electron chi connectivity index (χ4n) is 7.51. The molecule has 3 aromatic rings. The van der Waals surface area contributed by atoms with Gasteiger partial charge >= 0.3 is 0 Å². The molecule has 1 N–H and O–H groups in total. The molecule has 0 heterocycles. The van der Waals surface area contributed by atoms with Crippen molar-refractivity contribution in [2.75, 3.05) is 5.32 Å². The first-order chi connectivity index (χ1) is 18.8. The quantitative estimate of drug-likeness (QED) is 0.391. The van der Waals surface area contributed by atoms with E-state index in [9.17, 15) is 9.59 Å². The van der Waals surface area contributed by atoms with Crippen LogP contribution in [0.1, 0.15) is 65.5 Å². The lowest BCUT2D eigenvalue weighted by molar-refractivity contribution is -0.150. The second-order valence-electron chi connectivity index (χ2n) is 12.4. The Morgan fingerprint density at radius 2 is 1.46 bits per heavy atom. The van der Waals surface area contributed by atoms with Crippen LogP contribution in [0.25, 0.3) is 0 Å². The van der Waals surface area contributed by atoms with Crippen LogP contribution in [0.5, 0.6) is 0 Å². The zero-order chi connectivity index (χ0) is 27.1. The maximum Gasteiger partial charge on any atom is 0.250 e. The number of carbonyl (C=O) groups excluding carboxylic acids is 2. The highest BCUT2D eigenvalue weighted by Crippen LogP contribution is 2.49. The van der Waals surface area contributed by atoms with E-state index in [1.165, 1.54) is 16.7 Å². The largest absolute Gasteiger partial charge is 0.325 e. The Hall–Kier alpha value is -3.40. The molecule has 4 nitrogen and oxygen atoms in total. The summed E-state index contributed by atoms with van der Waals surface area (Å²) in [6.45, 7) is 6.22. The molecule has 0 bridgehead atoms. The predicted octanol–water partition coefficient (Wildman–Crippen LogP) is 6.74. The van der Waals surface area contributed by atoms with Gasteiger partial charge in [0, 0.05) is 11.7 Å². The van der Waals surface area contributed by atoms with Crippen LogP contribution in [0, 0.1) is 32.6 Å². The Balaban J connectivity index is 1.37. The molecule has 2 amide bonds. The van der Waals surface area contributed by atoms with E-state index < -0.39 is 5.54 Å². The minimum Gasteiger partial charge on any atom is -0.325 e. The number of nitrogens with zero attached hydrogens (tertiary/aromatic N) is 1. The van der Waals surface area contributed by atoms with E-state index >= 15 is 0 Å². The monoisotopic (exact) mass is 520 g/mol. The van der Waals surface area contributed by atoms with Crippen molar-refractivity contribution in [3.05, 3.63) is 100 Å². The van der Waals surface area contributed by atoms with Crippen molar-refractivity contribution in [2.45, 2.75) is 83.7 Å². The number of anilines is 1. The lowest BCUT2D eigenvalue weighted by Crippen LogP contribution is -2.63. The fraction of sp³-hybridized carbons (Fsp3) is 0.429. The Labute approximate surface area is 232 Å². The molecule has 39 heavy (non-hydrogen) atoms. The Morgan fingerprint density at radius 1 is 0.846 bits per heavy atom. The average molecular weight is 521 g/mol. The van der Waals surface area contributed by atoms with Gasteiger partial charge in [0.2, 0.25) is 11.8 Å². The van der Waals surface area contributed by atoms with Crippen molar-refractivity contribution in [3.8, 4) is 0 Å². The third-order valence-electron chi connectivity index (χ3n) is 9.46. The van der Waals surface area contributed by atoms with Crippen LogP contribution in [-0.4, -0.2) is 28.3 Å². The topological polar surface area (TPSA) is 49.4 Å². The smallest absolute Gasteiger partial charge is 0.250 e. The van der Waals surface area contributed by atoms with Gasteiger partial charge in [-0.3, -0.25) is 9.59 Å². The molecule has 6 rings (SSSR count). The number of hydrogen-bond acceptors (Lipinski definition) is 2. The molecule has 0 radical (unpaired) electrons. The SMILES string of the molecule is Cc1cc(C)c(NC(=O)[C@]2(N(C(=O)Cc3ccccc3)C3CC3)CC[C@H]3Cc4ccccc4C[C@H]3C2)c(C)c1. The molecule has 0 spiro atoms. The molecule has 4 heteroatoms. The highest BCUT2D eigenvalue weighted by Gasteiger charge is 2.55. The summed E-state index contributed by atoms with van der Waals surface area (Å²) in [5.41, 5.74) is 7.28. The molecule has 3 aliphatic rings. The molecular weight excluding hydrogens is 480 g/mol. The van der Waals surface area contributed by atoms with Gasteiger partial charge in [0.25, 0.3) is 0 Å². The maximum atomic E-state index is 14.6. The van der Waals surface area contributed by atoms with Crippen LogP contribution in [0.4, 0.5) is 5.69 Å². The summed E-state index contributed by atoms with van der Waals surface area (Å²) in [5, 5.41) is 3.38. The standard InChI is InChI=1S/C35H40N2O2/c1-23-17-24(2)33(25(3)18-23)36-34(39)35(37(31-13-14-31)32(38)19-26-9-5-4-6-10-26)16-15-29-20-27-11-7-8-12-28(27)21-30(29)22-35/h4-12,17-18,29-31H,13-16,19-22H2,1-3H3,(H,36,39)/t29-,30-,35-/m0/s1. The molecule has 202 valence electrons. The van der Waals surface area contributed by atoms with Gasteiger partial charge in [-0.1, -0.05) is 72.3 Å². The van der Waals surface area contributed by atoms with Crippen molar-refractivity contribution in [1.29, 1.82) is 0 Å². The van der Waals surface area contributed by atoms with Crippen LogP contribution >= 0.6 is 0 Å². The van der Waals surface area contributed by atoms with Crippen molar-refractivity contribution in [2.24, 2.45) is 11.8 Å². The third-order valence-corrected chi connectivity index (χ3v) is 9.46. The van der Waals surface area contributed by atoms with Crippen molar-refractivity contribution in [3.63, 3.8) is 0 Å². The van der Waals surface area contributed by atoms with Crippen LogP contribution < -0.4 is 5.32 Å². The van der Waals surface area contributed by atoms with E-state index in [2.05, 4.69) is 67.4 Å². The van der Waals surface area contributed by atoms with E-state index in [0.29, 0.717) is 18.3 Å². The number of fused-ring (bicyclic) bond motifs is 2. The Kier molecular flexibility index (Phi) is 6.82. The minimum absolute atomic E-state index is 0.00294. The van der Waals surface area contributed by atoms with Crippen molar-refractivity contribution < 1.29 is 9.59 Å². The molecular formula is C35H40N2O2. The Morgan fingerprint density at radius 3 is 2.10 bits per heavy atom. The zero-order valence-electron chi connectivity index (χ0n) is 23.5. The van der Waals surface area contributed by atoms with E-state index in [0.717, 1.165) is 67.3 Å². The molecule has 2 saturated carbocycles. The summed E-state index contributed by atoms with van der Waals surface area (Å²) >= 11 is 0. The summed E-state index contributed by atoms with van der Waals surface area (Å²) in [4.78, 5) is 30.8. The number of carbonyl (C=O) groups is 2. The number of nitrogens with one attached hydrogen (secondary N) is 1. The molecule has 0 unspecified atom stereocenters. The maximum absolute atomic E-state index is 14.6. The van der Waals surface area contributed by atoms with Gasteiger partial charge in [-0.05, 0) is 105 Å². The van der Waals surface area contributed by atoms with Gasteiger partial charge < -0.3 is 10.2 Å². The molecule has 3 aliphatic carbocycles. The predicted molar refractivity (Wildman–Crippen MR) is 157 cm³/mol. The normalized spacial score (nSPS) is 23.9. The van der Waals surface area contributed by atoms with E-state index in [1.807, 2.05) is 30.3 Å². The average Bonchev–Trinajstić information content (AvgIpc) is 3.75. The van der Waals surface area contributed by atoms with Crippen molar-refractivity contribution >= 4 is 17.5 Å². The summed E-state index contributed by atoms with van der Waals surface area (Å²) < 4.78 is 0. The second-order valence-corrected chi connectivity index (χ2v) is 12.4. The first-order valence-corrected chi connectivity index (χ1v) is 14.7. The minimum atomic E-state index is -0.829. The van der Waals surface area contributed by atoms with Crippen LogP contribution in [0.2, 0.25) is 0 Å². The van der Waals surface area contributed by atoms with E-state index in [1.54, 1.807) is 0 Å². The van der Waals surface area contributed by atoms with Gasteiger partial charge in [0.15, 0.2) is 0 Å². The summed E-state index contributed by atoms with van der Waals surface area (Å²) in [6, 6.07) is 23.2. The number of benzene rings is 3. The van der Waals surface area contributed by atoms with Crippen LogP contribution in [-0.2, 0) is 28.9 Å². The third kappa shape index (κ3) is 5.02. The lowest BCUT2D eigenvalue weighted by atomic mass is 9.62. The number of hydrogen-bond donors (Lipinski definition) is 1. The summed E-state index contributed by atoms with van der Waals surface area (Å²) in [6.07, 6.45) is 6.80. The molecule has 3 aromatic carbocycles. The zero-order valence-corrected chi connectivity index (χ0v) is 23.5. The van der Waals surface area contributed by atoms with Gasteiger partial charge in [-0.2, -0.15) is 0 Å². The highest BCUT2D eigenvalue weighted by molar-refractivity contribution is 6.02. The van der Waals surface area contributed by atoms with Crippen LogP contribution in [0.3, 0.4) is 0 Å². The molecule has 0 aromatic heterocycles. The summed E-state index contributed by atoms with van der Waals surface area (Å²) in [5.74, 6) is 1.05. The van der Waals surface area contributed by atoms with Crippen LogP contribution in [0.15, 0.2) is 66.7 Å². The van der Waals surface area contributed by atoms with Gasteiger partial charge in [0.1, 0.15) is 5.54 Å². The lowest BCUT2D eigenvalue weighted by Gasteiger charge is -2.51. The van der Waals surface area contributed by atoms with Crippen molar-refractivity contribution in [1.82, 2.24) is 4.90 Å². The number of aryl methyl sites for hydroxylation is 3. The first-order valence-electron chi connectivity index (χ1n) is 14.7. The molecule has 0 aliphatic heterocycles. The second kappa shape index (κ2) is 10.3. The number of amides is 2. The molecule has 2 fully saturated rings. The molecule has 0 saturated heterocycles. The van der Waals surface area contributed by atoms with E-state index in [4.69, 9.17) is 0 Å². The summed E-state index contributed by atoms with van der Waals surface area (Å²) in [7, 11) is 0.